The zero-order valence-electron chi connectivity index (χ0n) is 4.33. The fraction of sp³-hybridized carbons (Fsp3) is 1.00. The monoisotopic (exact) mass is 211 g/mol. The summed E-state index contributed by atoms with van der Waals surface area (Å²) in [4.78, 5) is 0. The predicted octanol–water partition coefficient (Wildman–Crippen LogP) is 2.37. The molecule has 0 spiro atoms. The molecule has 0 aliphatic rings. The molecule has 0 saturated heterocycles. The molecule has 0 radical (unpaired) electrons. The van der Waals surface area contributed by atoms with E-state index in [1.807, 2.05) is 0 Å². The van der Waals surface area contributed by atoms with Crippen LogP contribution in [0.25, 0.3) is 0 Å². The van der Waals surface area contributed by atoms with Crippen molar-refractivity contribution in [3.63, 3.8) is 0 Å². The third kappa shape index (κ3) is 7.54. The van der Waals surface area contributed by atoms with Crippen molar-refractivity contribution in [2.24, 2.45) is 5.73 Å². The molecule has 0 aliphatic heterocycles. The Kier molecular flexibility index (Phi) is 5.22. The van der Waals surface area contributed by atoms with E-state index in [2.05, 4.69) is 0 Å². The number of hydrogen-bond acceptors (Lipinski definition) is 1. The summed E-state index contributed by atoms with van der Waals surface area (Å²) >= 11 is -2.77. The van der Waals surface area contributed by atoms with E-state index in [-0.39, 0.29) is 0 Å². The third-order valence-corrected chi connectivity index (χ3v) is 4.44. The van der Waals surface area contributed by atoms with Crippen molar-refractivity contribution < 1.29 is 13.4 Å². The molecule has 5 heteroatoms. The number of rotatable bonds is 3. The molecule has 0 aromatic heterocycles. The molecular formula is C3H8Cl3NTi. The van der Waals surface area contributed by atoms with Gasteiger partial charge in [-0.2, -0.15) is 0 Å². The van der Waals surface area contributed by atoms with Crippen molar-refractivity contribution in [1.29, 1.82) is 0 Å². The molecule has 0 heterocycles. The van der Waals surface area contributed by atoms with Crippen LogP contribution in [0, 0.1) is 0 Å². The summed E-state index contributed by atoms with van der Waals surface area (Å²) in [6, 6.07) is 0. The summed E-state index contributed by atoms with van der Waals surface area (Å²) in [5, 5.41) is 0. The van der Waals surface area contributed by atoms with Crippen LogP contribution in [0.3, 0.4) is 0 Å². The van der Waals surface area contributed by atoms with E-state index in [4.69, 9.17) is 33.6 Å². The molecule has 8 heavy (non-hydrogen) atoms. The van der Waals surface area contributed by atoms with Crippen LogP contribution in [0.4, 0.5) is 0 Å². The fourth-order valence-electron chi connectivity index (χ4n) is 0.303. The molecule has 0 rings (SSSR count). The van der Waals surface area contributed by atoms with Crippen LogP contribution in [-0.4, -0.2) is 6.54 Å². The summed E-state index contributed by atoms with van der Waals surface area (Å²) in [6.45, 7) is 0.624. The SMILES string of the molecule is NCC[CH2][Ti]([Cl])([Cl])[Cl]. The van der Waals surface area contributed by atoms with Gasteiger partial charge in [0.05, 0.1) is 0 Å². The van der Waals surface area contributed by atoms with Crippen LogP contribution in [0.1, 0.15) is 6.42 Å². The van der Waals surface area contributed by atoms with E-state index in [0.717, 1.165) is 11.1 Å². The molecule has 2 N–H and O–H groups in total. The van der Waals surface area contributed by atoms with Gasteiger partial charge in [0, 0.05) is 0 Å². The van der Waals surface area contributed by atoms with Crippen molar-refractivity contribution in [3.05, 3.63) is 0 Å². The second-order valence-corrected chi connectivity index (χ2v) is 14.6. The number of hydrogen-bond donors (Lipinski definition) is 1. The van der Waals surface area contributed by atoms with Crippen molar-refractivity contribution in [1.82, 2.24) is 0 Å². The van der Waals surface area contributed by atoms with E-state index in [0.29, 0.717) is 6.54 Å². The minimum absolute atomic E-state index is 0.624. The van der Waals surface area contributed by atoms with E-state index in [9.17, 15) is 0 Å². The maximum absolute atomic E-state index is 5.57. The zero-order valence-corrected chi connectivity index (χ0v) is 8.16. The molecule has 0 aliphatic carbocycles. The van der Waals surface area contributed by atoms with Crippen molar-refractivity contribution >= 4 is 27.9 Å². The Morgan fingerprint density at radius 1 is 1.25 bits per heavy atom. The first kappa shape index (κ1) is 9.54. The number of halogens is 3. The van der Waals surface area contributed by atoms with Crippen LogP contribution in [-0.2, 0) is 13.4 Å². The van der Waals surface area contributed by atoms with Crippen molar-refractivity contribution in [2.45, 2.75) is 11.1 Å². The summed E-state index contributed by atoms with van der Waals surface area (Å²) in [5.74, 6) is 0. The minimum atomic E-state index is -2.77. The number of nitrogens with two attached hydrogens (primary N) is 1. The third-order valence-electron chi connectivity index (χ3n) is 0.664. The Balaban J connectivity index is 3.11. The first-order valence-corrected chi connectivity index (χ1v) is 9.88. The average molecular weight is 212 g/mol. The summed E-state index contributed by atoms with van der Waals surface area (Å²) in [7, 11) is 16.7. The zero-order chi connectivity index (χ0) is 6.62. The topological polar surface area (TPSA) is 26.0 Å². The van der Waals surface area contributed by atoms with E-state index < -0.39 is 13.4 Å². The van der Waals surface area contributed by atoms with Gasteiger partial charge in [0.1, 0.15) is 0 Å². The first-order chi connectivity index (χ1) is 3.56. The molecule has 0 fully saturated rings. The molecule has 0 atom stereocenters. The second kappa shape index (κ2) is 4.37. The molecule has 0 bridgehead atoms. The molecule has 1 nitrogen and oxygen atoms in total. The van der Waals surface area contributed by atoms with Gasteiger partial charge < -0.3 is 0 Å². The molecule has 50 valence electrons. The van der Waals surface area contributed by atoms with Gasteiger partial charge in [0.25, 0.3) is 0 Å². The first-order valence-electron chi connectivity index (χ1n) is 2.33. The molecule has 0 aromatic rings. The second-order valence-electron chi connectivity index (χ2n) is 1.51. The van der Waals surface area contributed by atoms with Gasteiger partial charge in [-0.15, -0.1) is 0 Å². The van der Waals surface area contributed by atoms with Crippen LogP contribution < -0.4 is 5.73 Å². The van der Waals surface area contributed by atoms with Crippen LogP contribution in [0.15, 0.2) is 0 Å². The van der Waals surface area contributed by atoms with E-state index in [1.54, 1.807) is 0 Å². The summed E-state index contributed by atoms with van der Waals surface area (Å²) in [6.07, 6.45) is 0.844. The fourth-order valence-corrected chi connectivity index (χ4v) is 2.90. The van der Waals surface area contributed by atoms with Gasteiger partial charge in [-0.1, -0.05) is 0 Å². The Labute approximate surface area is 64.5 Å². The van der Waals surface area contributed by atoms with Gasteiger partial charge in [-0.05, 0) is 0 Å². The van der Waals surface area contributed by atoms with Crippen molar-refractivity contribution in [3.8, 4) is 0 Å². The summed E-state index contributed by atoms with van der Waals surface area (Å²) < 4.78 is 0.723. The normalized spacial score (nSPS) is 12.0. The van der Waals surface area contributed by atoms with Crippen LogP contribution >= 0.6 is 27.9 Å². The van der Waals surface area contributed by atoms with Crippen LogP contribution in [0.5, 0.6) is 0 Å². The summed E-state index contributed by atoms with van der Waals surface area (Å²) in [5.41, 5.74) is 5.19. The quantitative estimate of drug-likeness (QED) is 0.714. The van der Waals surface area contributed by atoms with E-state index in [1.165, 1.54) is 0 Å². The van der Waals surface area contributed by atoms with Gasteiger partial charge in [0.2, 0.25) is 0 Å². The van der Waals surface area contributed by atoms with Crippen LogP contribution in [0.2, 0.25) is 4.73 Å². The predicted molar refractivity (Wildman–Crippen MR) is 36.0 cm³/mol. The van der Waals surface area contributed by atoms with Gasteiger partial charge >= 0.3 is 64.7 Å². The maximum atomic E-state index is 5.57. The van der Waals surface area contributed by atoms with Crippen molar-refractivity contribution in [2.75, 3.05) is 6.54 Å². The standard InChI is InChI=1S/C3H8N.3ClH.Ti/c1-2-3-4;;;;/h1-4H2;3*1H;/q;;;;+3/p-3. The molecule has 0 aromatic carbocycles. The Hall–Kier alpha value is 1.54. The Bertz CT molecular complexity index is 62.0. The molecule has 0 amide bonds. The molecule has 0 unspecified atom stereocenters. The average Bonchev–Trinajstić information content (AvgIpc) is 1.59. The van der Waals surface area contributed by atoms with Gasteiger partial charge in [-0.25, -0.2) is 0 Å². The van der Waals surface area contributed by atoms with Gasteiger partial charge in [0.15, 0.2) is 0 Å². The Morgan fingerprint density at radius 3 is 1.88 bits per heavy atom. The molecule has 0 saturated carbocycles. The van der Waals surface area contributed by atoms with E-state index >= 15 is 0 Å². The molecular weight excluding hydrogens is 204 g/mol. The van der Waals surface area contributed by atoms with Gasteiger partial charge in [-0.3, -0.25) is 0 Å². The Morgan fingerprint density at radius 2 is 1.75 bits per heavy atom.